The molecule has 0 radical (unpaired) electrons. The van der Waals surface area contributed by atoms with E-state index >= 15 is 0 Å². The zero-order valence-electron chi connectivity index (χ0n) is 20.9. The predicted octanol–water partition coefficient (Wildman–Crippen LogP) is 4.65. The van der Waals surface area contributed by atoms with E-state index in [4.69, 9.17) is 28.4 Å². The van der Waals surface area contributed by atoms with Crippen molar-refractivity contribution in [3.05, 3.63) is 96.6 Å². The number of rotatable bonds is 14. The second kappa shape index (κ2) is 14.8. The van der Waals surface area contributed by atoms with Crippen LogP contribution in [0, 0.1) is 0 Å². The molecule has 0 bridgehead atoms. The number of esters is 3. The molecule has 198 valence electrons. The molecule has 0 aliphatic carbocycles. The Balaban J connectivity index is 1.40. The van der Waals surface area contributed by atoms with Gasteiger partial charge in [0.05, 0.1) is 30.9 Å². The second-order valence-corrected chi connectivity index (χ2v) is 7.56. The fourth-order valence-electron chi connectivity index (χ4n) is 3.03. The highest BCUT2D eigenvalue weighted by Gasteiger charge is 2.11. The Morgan fingerprint density at radius 3 is 1.55 bits per heavy atom. The highest BCUT2D eigenvalue weighted by molar-refractivity contribution is 5.92. The summed E-state index contributed by atoms with van der Waals surface area (Å²) in [5.41, 5.74) is 0.721. The highest BCUT2D eigenvalue weighted by Crippen LogP contribution is 2.21. The van der Waals surface area contributed by atoms with E-state index in [-0.39, 0.29) is 19.8 Å². The lowest BCUT2D eigenvalue weighted by Gasteiger charge is -2.09. The van der Waals surface area contributed by atoms with Crippen molar-refractivity contribution in [1.29, 1.82) is 0 Å². The van der Waals surface area contributed by atoms with Crippen molar-refractivity contribution in [2.24, 2.45) is 0 Å². The third-order valence-electron chi connectivity index (χ3n) is 4.87. The lowest BCUT2D eigenvalue weighted by atomic mass is 10.2. The zero-order valence-corrected chi connectivity index (χ0v) is 20.9. The van der Waals surface area contributed by atoms with E-state index < -0.39 is 17.9 Å². The lowest BCUT2D eigenvalue weighted by Crippen LogP contribution is -2.12. The molecule has 0 fully saturated rings. The van der Waals surface area contributed by atoms with E-state index in [1.165, 1.54) is 24.3 Å². The summed E-state index contributed by atoms with van der Waals surface area (Å²) in [7, 11) is 0. The molecule has 0 aliphatic rings. The molecule has 3 aromatic carbocycles. The fourth-order valence-corrected chi connectivity index (χ4v) is 3.03. The van der Waals surface area contributed by atoms with Gasteiger partial charge in [0.2, 0.25) is 0 Å². The molecule has 0 unspecified atom stereocenters. The smallest absolute Gasteiger partial charge is 0.343 e. The summed E-state index contributed by atoms with van der Waals surface area (Å²) in [5.74, 6) is 0.279. The Morgan fingerprint density at radius 2 is 1.08 bits per heavy atom. The number of ether oxygens (including phenoxy) is 6. The molecule has 0 N–H and O–H groups in total. The van der Waals surface area contributed by atoms with E-state index in [1.807, 2.05) is 6.92 Å². The Kier molecular flexibility index (Phi) is 10.9. The minimum atomic E-state index is -0.548. The van der Waals surface area contributed by atoms with Crippen molar-refractivity contribution < 1.29 is 42.8 Å². The van der Waals surface area contributed by atoms with Crippen LogP contribution in [0.25, 0.3) is 0 Å². The van der Waals surface area contributed by atoms with Crippen LogP contribution in [0.4, 0.5) is 0 Å². The molecular formula is C29H28O9. The van der Waals surface area contributed by atoms with Gasteiger partial charge in [-0.05, 0) is 79.7 Å². The van der Waals surface area contributed by atoms with Crippen LogP contribution >= 0.6 is 0 Å². The van der Waals surface area contributed by atoms with Gasteiger partial charge in [0.25, 0.3) is 0 Å². The molecule has 0 atom stereocenters. The van der Waals surface area contributed by atoms with Gasteiger partial charge in [-0.2, -0.15) is 0 Å². The van der Waals surface area contributed by atoms with Crippen molar-refractivity contribution in [3.8, 4) is 23.0 Å². The Bertz CT molecular complexity index is 1200. The Hall–Kier alpha value is -4.63. The molecule has 0 spiro atoms. The van der Waals surface area contributed by atoms with E-state index in [1.54, 1.807) is 48.5 Å². The van der Waals surface area contributed by atoms with Crippen molar-refractivity contribution >= 4 is 17.9 Å². The first-order chi connectivity index (χ1) is 18.5. The third kappa shape index (κ3) is 9.11. The van der Waals surface area contributed by atoms with E-state index in [2.05, 4.69) is 6.58 Å². The summed E-state index contributed by atoms with van der Waals surface area (Å²) < 4.78 is 31.8. The first-order valence-corrected chi connectivity index (χ1v) is 11.9. The molecule has 0 saturated carbocycles. The Morgan fingerprint density at radius 1 is 0.632 bits per heavy atom. The molecule has 3 aromatic rings. The van der Waals surface area contributed by atoms with Crippen molar-refractivity contribution in [2.75, 3.05) is 33.0 Å². The zero-order chi connectivity index (χ0) is 27.2. The largest absolute Gasteiger partial charge is 0.494 e. The molecule has 38 heavy (non-hydrogen) atoms. The van der Waals surface area contributed by atoms with Crippen molar-refractivity contribution in [1.82, 2.24) is 0 Å². The van der Waals surface area contributed by atoms with Gasteiger partial charge in [0, 0.05) is 6.08 Å². The van der Waals surface area contributed by atoms with E-state index in [0.29, 0.717) is 47.3 Å². The van der Waals surface area contributed by atoms with Crippen LogP contribution in [0.2, 0.25) is 0 Å². The molecule has 0 aliphatic heterocycles. The quantitative estimate of drug-likeness (QED) is 0.130. The fraction of sp³-hybridized carbons (Fsp3) is 0.207. The van der Waals surface area contributed by atoms with E-state index in [9.17, 15) is 14.4 Å². The summed E-state index contributed by atoms with van der Waals surface area (Å²) in [6.45, 7) is 6.70. The highest BCUT2D eigenvalue weighted by atomic mass is 16.6. The molecule has 0 amide bonds. The molecule has 0 aromatic heterocycles. The van der Waals surface area contributed by atoms with Gasteiger partial charge in [-0.15, -0.1) is 0 Å². The van der Waals surface area contributed by atoms with Gasteiger partial charge in [-0.1, -0.05) is 6.58 Å². The van der Waals surface area contributed by atoms with Crippen LogP contribution in [0.5, 0.6) is 23.0 Å². The maximum absolute atomic E-state index is 12.5. The number of carbonyl (C=O) groups excluding carboxylic acids is 3. The van der Waals surface area contributed by atoms with Crippen LogP contribution in [0.3, 0.4) is 0 Å². The van der Waals surface area contributed by atoms with Gasteiger partial charge in [-0.25, -0.2) is 14.4 Å². The molecular weight excluding hydrogens is 492 g/mol. The van der Waals surface area contributed by atoms with Crippen LogP contribution in [0.1, 0.15) is 27.6 Å². The van der Waals surface area contributed by atoms with Crippen LogP contribution < -0.4 is 18.9 Å². The molecule has 9 heteroatoms. The second-order valence-electron chi connectivity index (χ2n) is 7.56. The number of hydrogen-bond donors (Lipinski definition) is 0. The summed E-state index contributed by atoms with van der Waals surface area (Å²) in [5, 5.41) is 0. The average molecular weight is 521 g/mol. The number of carbonyl (C=O) groups is 3. The standard InChI is InChI=1S/C29H28O9/c1-3-27(30)36-20-18-33-17-19-35-24-11-7-22(8-12-24)29(32)38-26-15-13-25(14-16-26)37-28(31)21-5-9-23(10-6-21)34-4-2/h3,5-16H,1,4,17-20H2,2H3. The normalized spacial score (nSPS) is 10.2. The summed E-state index contributed by atoms with van der Waals surface area (Å²) >= 11 is 0. The SMILES string of the molecule is C=CC(=O)OCCOCCOc1ccc(C(=O)Oc2ccc(OC(=O)c3ccc(OCC)cc3)cc2)cc1. The predicted molar refractivity (Wildman–Crippen MR) is 138 cm³/mol. The van der Waals surface area contributed by atoms with E-state index in [0.717, 1.165) is 6.08 Å². The summed E-state index contributed by atoms with van der Waals surface area (Å²) in [6, 6.07) is 19.3. The van der Waals surface area contributed by atoms with Gasteiger partial charge >= 0.3 is 17.9 Å². The summed E-state index contributed by atoms with van der Waals surface area (Å²) in [6.07, 6.45) is 1.09. The Labute approximate surface area is 220 Å². The van der Waals surface area contributed by atoms with Gasteiger partial charge in [-0.3, -0.25) is 0 Å². The minimum absolute atomic E-state index is 0.138. The molecule has 9 nitrogen and oxygen atoms in total. The lowest BCUT2D eigenvalue weighted by molar-refractivity contribution is -0.139. The van der Waals surface area contributed by atoms with Crippen molar-refractivity contribution in [2.45, 2.75) is 6.92 Å². The maximum atomic E-state index is 12.5. The van der Waals surface area contributed by atoms with Gasteiger partial charge < -0.3 is 28.4 Å². The monoisotopic (exact) mass is 520 g/mol. The van der Waals surface area contributed by atoms with Crippen LogP contribution in [0.15, 0.2) is 85.5 Å². The van der Waals surface area contributed by atoms with Gasteiger partial charge in [0.15, 0.2) is 0 Å². The molecule has 0 heterocycles. The average Bonchev–Trinajstić information content (AvgIpc) is 2.94. The summed E-state index contributed by atoms with van der Waals surface area (Å²) in [4.78, 5) is 35.7. The van der Waals surface area contributed by atoms with Gasteiger partial charge in [0.1, 0.15) is 36.2 Å². The number of hydrogen-bond acceptors (Lipinski definition) is 9. The topological polar surface area (TPSA) is 107 Å². The number of benzene rings is 3. The first-order valence-electron chi connectivity index (χ1n) is 11.9. The van der Waals surface area contributed by atoms with Crippen LogP contribution in [-0.2, 0) is 14.3 Å². The molecule has 0 saturated heterocycles. The van der Waals surface area contributed by atoms with Crippen molar-refractivity contribution in [3.63, 3.8) is 0 Å². The first kappa shape index (κ1) is 27.9. The maximum Gasteiger partial charge on any atom is 0.343 e. The molecule has 3 rings (SSSR count). The van der Waals surface area contributed by atoms with Crippen LogP contribution in [-0.4, -0.2) is 50.9 Å². The third-order valence-corrected chi connectivity index (χ3v) is 4.87. The minimum Gasteiger partial charge on any atom is -0.494 e.